The van der Waals surface area contributed by atoms with Gasteiger partial charge >= 0.3 is 0 Å². The Morgan fingerprint density at radius 3 is 2.32 bits per heavy atom. The second-order valence-corrected chi connectivity index (χ2v) is 4.33. The van der Waals surface area contributed by atoms with Gasteiger partial charge in [-0.05, 0) is 30.3 Å². The van der Waals surface area contributed by atoms with Crippen molar-refractivity contribution in [3.8, 4) is 12.1 Å². The maximum atomic E-state index is 12.1. The zero-order valence-electron chi connectivity index (χ0n) is 11.6. The van der Waals surface area contributed by atoms with Crippen LogP contribution in [0.25, 0.3) is 0 Å². The highest BCUT2D eigenvalue weighted by Crippen LogP contribution is 2.16. The number of benzene rings is 2. The van der Waals surface area contributed by atoms with Crippen LogP contribution in [0.1, 0.15) is 10.4 Å². The molecule has 2 rings (SSSR count). The molecule has 0 aliphatic carbocycles. The third kappa shape index (κ3) is 3.96. The minimum Gasteiger partial charge on any atom is -0.360 e. The van der Waals surface area contributed by atoms with E-state index in [1.54, 1.807) is 60.7 Å². The van der Waals surface area contributed by atoms with Gasteiger partial charge in [-0.1, -0.05) is 24.3 Å². The molecule has 106 valence electrons. The summed E-state index contributed by atoms with van der Waals surface area (Å²) in [5.74, 6) is -0.206. The van der Waals surface area contributed by atoms with Gasteiger partial charge < -0.3 is 10.6 Å². The number of nitrogens with zero attached hydrogens (tertiary/aromatic N) is 2. The Hall–Kier alpha value is -3.57. The summed E-state index contributed by atoms with van der Waals surface area (Å²) < 4.78 is 0. The van der Waals surface area contributed by atoms with Gasteiger partial charge in [0.25, 0.3) is 5.91 Å². The Kier molecular flexibility index (Phi) is 4.90. The van der Waals surface area contributed by atoms with E-state index in [2.05, 4.69) is 10.6 Å². The standard InChI is InChI=1S/C17H12N4O/c18-10-13(11-19)12-20-15-7-4-8-16(9-15)21-17(22)14-5-2-1-3-6-14/h1-9,12,20H,(H,21,22). The molecule has 5 heteroatoms. The average molecular weight is 288 g/mol. The summed E-state index contributed by atoms with van der Waals surface area (Å²) in [5.41, 5.74) is 1.81. The fourth-order valence-electron chi connectivity index (χ4n) is 1.72. The van der Waals surface area contributed by atoms with Crippen molar-refractivity contribution in [3.05, 3.63) is 71.9 Å². The average Bonchev–Trinajstić information content (AvgIpc) is 2.57. The molecule has 2 aromatic rings. The molecule has 22 heavy (non-hydrogen) atoms. The van der Waals surface area contributed by atoms with Crippen LogP contribution in [-0.2, 0) is 0 Å². The summed E-state index contributed by atoms with van der Waals surface area (Å²) >= 11 is 0. The van der Waals surface area contributed by atoms with Crippen LogP contribution in [0.2, 0.25) is 0 Å². The first-order chi connectivity index (χ1) is 10.7. The van der Waals surface area contributed by atoms with Crippen LogP contribution < -0.4 is 10.6 Å². The third-order valence-electron chi connectivity index (χ3n) is 2.78. The lowest BCUT2D eigenvalue weighted by Gasteiger charge is -2.07. The van der Waals surface area contributed by atoms with Gasteiger partial charge in [0.05, 0.1) is 0 Å². The van der Waals surface area contributed by atoms with Crippen LogP contribution >= 0.6 is 0 Å². The Morgan fingerprint density at radius 1 is 0.955 bits per heavy atom. The van der Waals surface area contributed by atoms with Crippen molar-refractivity contribution in [2.24, 2.45) is 0 Å². The number of carbonyl (C=O) groups excluding carboxylic acids is 1. The van der Waals surface area contributed by atoms with Gasteiger partial charge in [-0.3, -0.25) is 4.79 Å². The highest BCUT2D eigenvalue weighted by Gasteiger charge is 2.05. The predicted octanol–water partition coefficient (Wildman–Crippen LogP) is 3.28. The molecule has 0 saturated heterocycles. The lowest BCUT2D eigenvalue weighted by atomic mass is 10.2. The highest BCUT2D eigenvalue weighted by molar-refractivity contribution is 6.04. The summed E-state index contributed by atoms with van der Waals surface area (Å²) in [6.07, 6.45) is 1.32. The van der Waals surface area contributed by atoms with Gasteiger partial charge in [-0.2, -0.15) is 10.5 Å². The van der Waals surface area contributed by atoms with Crippen LogP contribution in [0, 0.1) is 22.7 Å². The minimum atomic E-state index is -0.206. The lowest BCUT2D eigenvalue weighted by molar-refractivity contribution is 0.102. The highest BCUT2D eigenvalue weighted by atomic mass is 16.1. The van der Waals surface area contributed by atoms with Gasteiger partial charge in [-0.25, -0.2) is 0 Å². The topological polar surface area (TPSA) is 88.7 Å². The molecule has 0 fully saturated rings. The SMILES string of the molecule is N#CC(C#N)=CNc1cccc(NC(=O)c2ccccc2)c1. The number of nitrogens with one attached hydrogen (secondary N) is 2. The molecule has 0 aliphatic heterocycles. The van der Waals surface area contributed by atoms with Crippen molar-refractivity contribution in [3.63, 3.8) is 0 Å². The Labute approximate surface area is 128 Å². The van der Waals surface area contributed by atoms with E-state index in [9.17, 15) is 4.79 Å². The Bertz CT molecular complexity index is 766. The van der Waals surface area contributed by atoms with Crippen LogP contribution in [0.4, 0.5) is 11.4 Å². The van der Waals surface area contributed by atoms with E-state index in [0.717, 1.165) is 0 Å². The molecule has 2 N–H and O–H groups in total. The molecule has 0 aromatic heterocycles. The molecule has 1 amide bonds. The molecule has 0 saturated carbocycles. The summed E-state index contributed by atoms with van der Waals surface area (Å²) in [7, 11) is 0. The van der Waals surface area contributed by atoms with Gasteiger partial charge in [0, 0.05) is 23.1 Å². The minimum absolute atomic E-state index is 0.0290. The molecule has 0 spiro atoms. The van der Waals surface area contributed by atoms with Gasteiger partial charge in [0.1, 0.15) is 17.7 Å². The van der Waals surface area contributed by atoms with Crippen molar-refractivity contribution in [1.82, 2.24) is 0 Å². The zero-order chi connectivity index (χ0) is 15.8. The monoisotopic (exact) mass is 288 g/mol. The summed E-state index contributed by atoms with van der Waals surface area (Å²) in [6, 6.07) is 19.4. The van der Waals surface area contributed by atoms with Crippen LogP contribution in [0.5, 0.6) is 0 Å². The van der Waals surface area contributed by atoms with Crippen molar-refractivity contribution < 1.29 is 4.79 Å². The quantitative estimate of drug-likeness (QED) is 0.845. The van der Waals surface area contributed by atoms with E-state index >= 15 is 0 Å². The second kappa shape index (κ2) is 7.28. The Balaban J connectivity index is 2.10. The molecular formula is C17H12N4O. The maximum Gasteiger partial charge on any atom is 0.255 e. The van der Waals surface area contributed by atoms with Crippen molar-refractivity contribution in [1.29, 1.82) is 10.5 Å². The summed E-state index contributed by atoms with van der Waals surface area (Å²) in [4.78, 5) is 12.1. The van der Waals surface area contributed by atoms with Gasteiger partial charge in [0.2, 0.25) is 0 Å². The first kappa shape index (κ1) is 14.8. The smallest absolute Gasteiger partial charge is 0.255 e. The van der Waals surface area contributed by atoms with Crippen molar-refractivity contribution in [2.75, 3.05) is 10.6 Å². The molecule has 0 heterocycles. The first-order valence-electron chi connectivity index (χ1n) is 6.46. The van der Waals surface area contributed by atoms with Gasteiger partial charge in [0.15, 0.2) is 0 Å². The van der Waals surface area contributed by atoms with Gasteiger partial charge in [-0.15, -0.1) is 0 Å². The second-order valence-electron chi connectivity index (χ2n) is 4.33. The largest absolute Gasteiger partial charge is 0.360 e. The van der Waals surface area contributed by atoms with Crippen LogP contribution in [-0.4, -0.2) is 5.91 Å². The van der Waals surface area contributed by atoms with E-state index in [-0.39, 0.29) is 11.5 Å². The number of hydrogen-bond donors (Lipinski definition) is 2. The molecule has 0 bridgehead atoms. The van der Waals surface area contributed by atoms with Crippen molar-refractivity contribution >= 4 is 17.3 Å². The number of hydrogen-bond acceptors (Lipinski definition) is 4. The number of nitriles is 2. The number of carbonyl (C=O) groups is 1. The molecule has 2 aromatic carbocycles. The van der Waals surface area contributed by atoms with Crippen LogP contribution in [0.15, 0.2) is 66.4 Å². The summed E-state index contributed by atoms with van der Waals surface area (Å²) in [5, 5.41) is 23.0. The molecule has 0 atom stereocenters. The molecule has 5 nitrogen and oxygen atoms in total. The first-order valence-corrected chi connectivity index (χ1v) is 6.46. The van der Waals surface area contributed by atoms with Crippen LogP contribution in [0.3, 0.4) is 0 Å². The number of anilines is 2. The third-order valence-corrected chi connectivity index (χ3v) is 2.78. The molecule has 0 aliphatic rings. The van der Waals surface area contributed by atoms with Crippen molar-refractivity contribution in [2.45, 2.75) is 0 Å². The Morgan fingerprint density at radius 2 is 1.64 bits per heavy atom. The van der Waals surface area contributed by atoms with E-state index < -0.39 is 0 Å². The molecule has 0 unspecified atom stereocenters. The fraction of sp³-hybridized carbons (Fsp3) is 0. The lowest BCUT2D eigenvalue weighted by Crippen LogP contribution is -2.11. The number of rotatable bonds is 4. The number of allylic oxidation sites excluding steroid dienone is 1. The number of amides is 1. The van der Waals surface area contributed by atoms with E-state index in [0.29, 0.717) is 16.9 Å². The normalized spacial score (nSPS) is 9.00. The zero-order valence-corrected chi connectivity index (χ0v) is 11.6. The molecule has 0 radical (unpaired) electrons. The molecular weight excluding hydrogens is 276 g/mol. The summed E-state index contributed by atoms with van der Waals surface area (Å²) in [6.45, 7) is 0. The van der Waals surface area contributed by atoms with E-state index in [1.807, 2.05) is 6.07 Å². The fourth-order valence-corrected chi connectivity index (χ4v) is 1.72. The van der Waals surface area contributed by atoms with E-state index in [4.69, 9.17) is 10.5 Å². The van der Waals surface area contributed by atoms with E-state index in [1.165, 1.54) is 6.20 Å². The maximum absolute atomic E-state index is 12.1. The predicted molar refractivity (Wildman–Crippen MR) is 83.8 cm³/mol.